The van der Waals surface area contributed by atoms with Crippen LogP contribution in [0, 0.1) is 5.92 Å². The van der Waals surface area contributed by atoms with Crippen molar-refractivity contribution in [1.82, 2.24) is 19.8 Å². The molecule has 0 spiro atoms. The number of guanidine groups is 1. The van der Waals surface area contributed by atoms with Crippen molar-refractivity contribution in [3.63, 3.8) is 0 Å². The molecule has 1 aliphatic carbocycles. The van der Waals surface area contributed by atoms with Gasteiger partial charge in [-0.15, -0.1) is 24.0 Å². The monoisotopic (exact) mass is 569 g/mol. The second kappa shape index (κ2) is 12.6. The summed E-state index contributed by atoms with van der Waals surface area (Å²) < 4.78 is 61.5. The Balaban J connectivity index is 0.00000450. The van der Waals surface area contributed by atoms with Crippen LogP contribution in [0.5, 0.6) is 0 Å². The molecule has 1 saturated carbocycles. The van der Waals surface area contributed by atoms with Crippen LogP contribution in [0.15, 0.2) is 4.99 Å². The number of piperidine rings is 1. The molecule has 0 aromatic carbocycles. The Morgan fingerprint density at radius 2 is 1.73 bits per heavy atom. The van der Waals surface area contributed by atoms with Crippen LogP contribution in [0.4, 0.5) is 13.2 Å². The number of hydrogen-bond acceptors (Lipinski definition) is 4. The van der Waals surface area contributed by atoms with Gasteiger partial charge in [-0.3, -0.25) is 4.99 Å². The quantitative estimate of drug-likeness (QED) is 0.267. The van der Waals surface area contributed by atoms with E-state index >= 15 is 0 Å². The molecule has 1 heterocycles. The molecule has 12 heteroatoms. The number of nitrogens with one attached hydrogen (secondary N) is 2. The fourth-order valence-electron chi connectivity index (χ4n) is 3.92. The molecule has 30 heavy (non-hydrogen) atoms. The van der Waals surface area contributed by atoms with E-state index in [0.29, 0.717) is 42.2 Å². The lowest BCUT2D eigenvalue weighted by Gasteiger charge is -2.31. The molecule has 2 rings (SSSR count). The Bertz CT molecular complexity index is 634. The van der Waals surface area contributed by atoms with Gasteiger partial charge in [0.15, 0.2) is 5.96 Å². The van der Waals surface area contributed by atoms with E-state index in [9.17, 15) is 21.6 Å². The molecule has 0 aromatic heterocycles. The molecule has 0 bridgehead atoms. The normalized spacial score (nSPS) is 20.4. The van der Waals surface area contributed by atoms with Crippen LogP contribution in [0.2, 0.25) is 0 Å². The minimum atomic E-state index is -5.23. The first-order chi connectivity index (χ1) is 13.6. The fraction of sp³-hybridized carbons (Fsp3) is 0.944. The first-order valence-corrected chi connectivity index (χ1v) is 11.9. The van der Waals surface area contributed by atoms with Crippen molar-refractivity contribution < 1.29 is 21.6 Å². The van der Waals surface area contributed by atoms with Crippen molar-refractivity contribution in [3.8, 4) is 0 Å². The summed E-state index contributed by atoms with van der Waals surface area (Å²) in [5, 5.41) is 6.49. The highest BCUT2D eigenvalue weighted by molar-refractivity contribution is 14.0. The molecule has 0 amide bonds. The van der Waals surface area contributed by atoms with Gasteiger partial charge < -0.3 is 15.5 Å². The molecule has 7 nitrogen and oxygen atoms in total. The topological polar surface area (TPSA) is 77.0 Å². The van der Waals surface area contributed by atoms with Crippen LogP contribution in [0.3, 0.4) is 0 Å². The highest BCUT2D eigenvalue weighted by Crippen LogP contribution is 2.30. The van der Waals surface area contributed by atoms with Gasteiger partial charge in [-0.25, -0.2) is 8.42 Å². The largest absolute Gasteiger partial charge is 0.511 e. The summed E-state index contributed by atoms with van der Waals surface area (Å²) in [6.45, 7) is 4.61. The average Bonchev–Trinajstić information content (AvgIpc) is 3.20. The predicted octanol–water partition coefficient (Wildman–Crippen LogP) is 2.60. The van der Waals surface area contributed by atoms with E-state index in [1.54, 1.807) is 0 Å². The Morgan fingerprint density at radius 1 is 1.13 bits per heavy atom. The number of nitrogens with zero attached hydrogens (tertiary/aromatic N) is 3. The Hall–Kier alpha value is -0.340. The van der Waals surface area contributed by atoms with Crippen LogP contribution in [0.1, 0.15) is 45.4 Å². The minimum Gasteiger partial charge on any atom is -0.357 e. The summed E-state index contributed by atoms with van der Waals surface area (Å²) in [5.74, 6) is 0.768. The van der Waals surface area contributed by atoms with Gasteiger partial charge in [0.05, 0.1) is 0 Å². The summed E-state index contributed by atoms with van der Waals surface area (Å²) >= 11 is 0. The third-order valence-corrected chi connectivity index (χ3v) is 7.39. The van der Waals surface area contributed by atoms with Crippen molar-refractivity contribution in [1.29, 1.82) is 0 Å². The maximum atomic E-state index is 12.7. The SMILES string of the molecule is CCNC(=NCC1CCN(S(=O)(=O)C(F)(F)F)CC1)NCCN(C)C1CCCC1.I. The molecule has 0 aromatic rings. The summed E-state index contributed by atoms with van der Waals surface area (Å²) in [7, 11) is -3.08. The van der Waals surface area contributed by atoms with Gasteiger partial charge >= 0.3 is 15.5 Å². The summed E-state index contributed by atoms with van der Waals surface area (Å²) in [5.41, 5.74) is -5.23. The van der Waals surface area contributed by atoms with Gasteiger partial charge in [0.2, 0.25) is 0 Å². The number of rotatable bonds is 8. The van der Waals surface area contributed by atoms with Crippen molar-refractivity contribution in [3.05, 3.63) is 0 Å². The number of alkyl halides is 3. The van der Waals surface area contributed by atoms with E-state index in [-0.39, 0.29) is 43.0 Å². The lowest BCUT2D eigenvalue weighted by atomic mass is 9.98. The van der Waals surface area contributed by atoms with Crippen LogP contribution in [-0.4, -0.2) is 81.4 Å². The van der Waals surface area contributed by atoms with Crippen LogP contribution >= 0.6 is 24.0 Å². The standard InChI is InChI=1S/C18H34F3N5O2S.HI/c1-3-22-17(23-10-13-25(2)16-6-4-5-7-16)24-14-15-8-11-26(12-9-15)29(27,28)18(19,20)21;/h15-16H,3-14H2,1-2H3,(H2,22,23,24);1H. The Labute approximate surface area is 195 Å². The number of hydrogen-bond donors (Lipinski definition) is 2. The number of likely N-dealkylation sites (N-methyl/N-ethyl adjacent to an activating group) is 1. The highest BCUT2D eigenvalue weighted by Gasteiger charge is 2.50. The van der Waals surface area contributed by atoms with Crippen molar-refractivity contribution in [2.24, 2.45) is 10.9 Å². The molecule has 1 saturated heterocycles. The summed E-state index contributed by atoms with van der Waals surface area (Å²) in [4.78, 5) is 6.93. The van der Waals surface area contributed by atoms with Crippen LogP contribution in [0.25, 0.3) is 0 Å². The second-order valence-electron chi connectivity index (χ2n) is 7.86. The first kappa shape index (κ1) is 27.7. The molecule has 2 N–H and O–H groups in total. The third kappa shape index (κ3) is 7.97. The van der Waals surface area contributed by atoms with E-state index in [2.05, 4.69) is 27.6 Å². The Kier molecular flexibility index (Phi) is 11.7. The molecule has 2 fully saturated rings. The zero-order valence-electron chi connectivity index (χ0n) is 17.7. The third-order valence-electron chi connectivity index (χ3n) is 5.76. The van der Waals surface area contributed by atoms with Crippen molar-refractivity contribution in [2.75, 3.05) is 46.3 Å². The molecule has 0 unspecified atom stereocenters. The Morgan fingerprint density at radius 3 is 2.27 bits per heavy atom. The summed E-state index contributed by atoms with van der Waals surface area (Å²) in [6.07, 6.45) is 5.87. The number of aliphatic imine (C=N–C) groups is 1. The van der Waals surface area contributed by atoms with Crippen molar-refractivity contribution in [2.45, 2.75) is 57.0 Å². The zero-order chi connectivity index (χ0) is 21.5. The maximum Gasteiger partial charge on any atom is 0.511 e. The van der Waals surface area contributed by atoms with E-state index < -0.39 is 15.5 Å². The molecule has 2 aliphatic rings. The van der Waals surface area contributed by atoms with E-state index in [4.69, 9.17) is 0 Å². The van der Waals surface area contributed by atoms with Gasteiger partial charge in [0.25, 0.3) is 0 Å². The smallest absolute Gasteiger partial charge is 0.357 e. The lowest BCUT2D eigenvalue weighted by molar-refractivity contribution is -0.0496. The molecule has 178 valence electrons. The van der Waals surface area contributed by atoms with Crippen molar-refractivity contribution >= 4 is 40.0 Å². The molecule has 0 atom stereocenters. The number of sulfonamides is 1. The van der Waals surface area contributed by atoms with E-state index in [1.807, 2.05) is 6.92 Å². The van der Waals surface area contributed by atoms with Crippen LogP contribution < -0.4 is 10.6 Å². The van der Waals surface area contributed by atoms with Crippen LogP contribution in [-0.2, 0) is 10.0 Å². The number of halogens is 4. The molecular weight excluding hydrogens is 534 g/mol. The van der Waals surface area contributed by atoms with Gasteiger partial charge in [0.1, 0.15) is 0 Å². The maximum absolute atomic E-state index is 12.7. The molecular formula is C18H35F3IN5O2S. The second-order valence-corrected chi connectivity index (χ2v) is 9.79. The lowest BCUT2D eigenvalue weighted by Crippen LogP contribution is -2.45. The fourth-order valence-corrected chi connectivity index (χ4v) is 4.90. The highest BCUT2D eigenvalue weighted by atomic mass is 127. The molecule has 1 aliphatic heterocycles. The van der Waals surface area contributed by atoms with Gasteiger partial charge in [-0.05, 0) is 45.6 Å². The van der Waals surface area contributed by atoms with Gasteiger partial charge in [-0.1, -0.05) is 12.8 Å². The van der Waals surface area contributed by atoms with E-state index in [0.717, 1.165) is 13.1 Å². The average molecular weight is 569 g/mol. The predicted molar refractivity (Wildman–Crippen MR) is 124 cm³/mol. The first-order valence-electron chi connectivity index (χ1n) is 10.4. The van der Waals surface area contributed by atoms with E-state index in [1.165, 1.54) is 25.7 Å². The van der Waals surface area contributed by atoms with Gasteiger partial charge in [-0.2, -0.15) is 17.5 Å². The van der Waals surface area contributed by atoms with Gasteiger partial charge in [0, 0.05) is 45.3 Å². The zero-order valence-corrected chi connectivity index (χ0v) is 20.9. The summed E-state index contributed by atoms with van der Waals surface area (Å²) in [6, 6.07) is 0.662. The minimum absolute atomic E-state index is 0. The molecule has 0 radical (unpaired) electrons.